The van der Waals surface area contributed by atoms with Gasteiger partial charge < -0.3 is 9.47 Å². The molecule has 0 amide bonds. The Morgan fingerprint density at radius 2 is 1.80 bits per heavy atom. The highest BCUT2D eigenvalue weighted by molar-refractivity contribution is 6.11. The lowest BCUT2D eigenvalue weighted by Gasteiger charge is -2.20. The summed E-state index contributed by atoms with van der Waals surface area (Å²) in [5.74, 6) is 1.17. The molecule has 0 unspecified atom stereocenters. The third kappa shape index (κ3) is 2.27. The Morgan fingerprint density at radius 3 is 2.55 bits per heavy atom. The number of rotatable bonds is 3. The fourth-order valence-corrected chi connectivity index (χ4v) is 2.30. The molecule has 0 radical (unpaired) electrons. The third-order valence-electron chi connectivity index (χ3n) is 3.44. The van der Waals surface area contributed by atoms with E-state index in [1.807, 2.05) is 36.4 Å². The molecule has 0 N–H and O–H groups in total. The zero-order valence-corrected chi connectivity index (χ0v) is 11.4. The average Bonchev–Trinajstić information content (AvgIpc) is 2.54. The molecule has 2 aromatic rings. The molecule has 0 atom stereocenters. The van der Waals surface area contributed by atoms with Crippen LogP contribution >= 0.6 is 0 Å². The lowest BCUT2D eigenvalue weighted by molar-refractivity contribution is 0.102. The molecule has 3 heteroatoms. The van der Waals surface area contributed by atoms with Crippen molar-refractivity contribution in [2.45, 2.75) is 13.3 Å². The van der Waals surface area contributed by atoms with Gasteiger partial charge in [0.15, 0.2) is 17.3 Å². The number of para-hydroxylation sites is 1. The Labute approximate surface area is 118 Å². The number of ketones is 1. The summed E-state index contributed by atoms with van der Waals surface area (Å²) in [6.45, 7) is 3.09. The van der Waals surface area contributed by atoms with Crippen molar-refractivity contribution in [3.8, 4) is 11.5 Å². The van der Waals surface area contributed by atoms with Crippen LogP contribution in [0.4, 0.5) is 0 Å². The number of hydrogen-bond acceptors (Lipinski definition) is 3. The Hall–Kier alpha value is -2.29. The number of ether oxygens (including phenoxy) is 2. The van der Waals surface area contributed by atoms with E-state index in [1.54, 1.807) is 6.07 Å². The first kappa shape index (κ1) is 12.7. The highest BCUT2D eigenvalue weighted by Crippen LogP contribution is 2.34. The summed E-state index contributed by atoms with van der Waals surface area (Å²) in [6.07, 6.45) is 0.964. The SMILES string of the molecule is CCc1ccc(C(=O)c2cccc3c2OCCO3)cc1. The normalized spacial score (nSPS) is 13.1. The minimum absolute atomic E-state index is 0.0324. The highest BCUT2D eigenvalue weighted by Gasteiger charge is 2.21. The second-order valence-corrected chi connectivity index (χ2v) is 4.71. The first-order valence-corrected chi connectivity index (χ1v) is 6.82. The van der Waals surface area contributed by atoms with E-state index in [0.717, 1.165) is 6.42 Å². The van der Waals surface area contributed by atoms with E-state index >= 15 is 0 Å². The molecule has 0 fully saturated rings. The fourth-order valence-electron chi connectivity index (χ4n) is 2.30. The standard InChI is InChI=1S/C17H16O3/c1-2-12-6-8-13(9-7-12)16(18)14-4-3-5-15-17(14)20-11-10-19-15/h3-9H,2,10-11H2,1H3. The molecular weight excluding hydrogens is 252 g/mol. The zero-order valence-electron chi connectivity index (χ0n) is 11.4. The maximum Gasteiger partial charge on any atom is 0.196 e. The van der Waals surface area contributed by atoms with Crippen molar-refractivity contribution >= 4 is 5.78 Å². The van der Waals surface area contributed by atoms with Crippen LogP contribution in [0.1, 0.15) is 28.4 Å². The second kappa shape index (κ2) is 5.37. The molecule has 0 aliphatic carbocycles. The van der Waals surface area contributed by atoms with Gasteiger partial charge >= 0.3 is 0 Å². The van der Waals surface area contributed by atoms with Crippen LogP contribution in [0, 0.1) is 0 Å². The van der Waals surface area contributed by atoms with Crippen molar-refractivity contribution < 1.29 is 14.3 Å². The van der Waals surface area contributed by atoms with Crippen molar-refractivity contribution in [3.05, 3.63) is 59.2 Å². The number of carbonyl (C=O) groups is 1. The maximum absolute atomic E-state index is 12.6. The predicted octanol–water partition coefficient (Wildman–Crippen LogP) is 3.25. The van der Waals surface area contributed by atoms with Crippen LogP contribution < -0.4 is 9.47 Å². The first-order chi connectivity index (χ1) is 9.79. The second-order valence-electron chi connectivity index (χ2n) is 4.71. The van der Waals surface area contributed by atoms with Gasteiger partial charge in [-0.15, -0.1) is 0 Å². The van der Waals surface area contributed by atoms with Gasteiger partial charge in [-0.3, -0.25) is 4.79 Å². The summed E-state index contributed by atoms with van der Waals surface area (Å²) in [5, 5.41) is 0. The molecule has 3 rings (SSSR count). The summed E-state index contributed by atoms with van der Waals surface area (Å²) in [6, 6.07) is 13.1. The van der Waals surface area contributed by atoms with Gasteiger partial charge in [-0.25, -0.2) is 0 Å². The number of benzene rings is 2. The Morgan fingerprint density at radius 1 is 1.05 bits per heavy atom. The number of fused-ring (bicyclic) bond motifs is 1. The van der Waals surface area contributed by atoms with E-state index in [1.165, 1.54) is 5.56 Å². The van der Waals surface area contributed by atoms with Gasteiger partial charge in [-0.1, -0.05) is 37.3 Å². The van der Waals surface area contributed by atoms with E-state index < -0.39 is 0 Å². The van der Waals surface area contributed by atoms with Gasteiger partial charge in [0.2, 0.25) is 0 Å². The molecule has 1 aliphatic rings. The lowest BCUT2D eigenvalue weighted by Crippen LogP contribution is -2.18. The van der Waals surface area contributed by atoms with E-state index in [9.17, 15) is 4.79 Å². The zero-order chi connectivity index (χ0) is 13.9. The monoisotopic (exact) mass is 268 g/mol. The molecule has 3 nitrogen and oxygen atoms in total. The smallest absolute Gasteiger partial charge is 0.196 e. The summed E-state index contributed by atoms with van der Waals surface area (Å²) in [7, 11) is 0. The summed E-state index contributed by atoms with van der Waals surface area (Å²) in [4.78, 5) is 12.6. The molecule has 0 aromatic heterocycles. The lowest BCUT2D eigenvalue weighted by atomic mass is 10.00. The number of hydrogen-bond donors (Lipinski definition) is 0. The predicted molar refractivity (Wildman–Crippen MR) is 76.7 cm³/mol. The molecule has 1 aliphatic heterocycles. The van der Waals surface area contributed by atoms with Gasteiger partial charge in [-0.05, 0) is 24.1 Å². The van der Waals surface area contributed by atoms with Crippen LogP contribution in [0.5, 0.6) is 11.5 Å². The van der Waals surface area contributed by atoms with Crippen LogP contribution in [-0.2, 0) is 6.42 Å². The van der Waals surface area contributed by atoms with Gasteiger partial charge in [0, 0.05) is 5.56 Å². The van der Waals surface area contributed by atoms with E-state index in [-0.39, 0.29) is 5.78 Å². The molecule has 102 valence electrons. The van der Waals surface area contributed by atoms with Crippen molar-refractivity contribution in [1.29, 1.82) is 0 Å². The van der Waals surface area contributed by atoms with Crippen molar-refractivity contribution in [3.63, 3.8) is 0 Å². The van der Waals surface area contributed by atoms with E-state index in [0.29, 0.717) is 35.8 Å². The van der Waals surface area contributed by atoms with Gasteiger partial charge in [0.25, 0.3) is 0 Å². The summed E-state index contributed by atoms with van der Waals surface area (Å²) in [5.41, 5.74) is 2.45. The summed E-state index contributed by atoms with van der Waals surface area (Å²) >= 11 is 0. The first-order valence-electron chi connectivity index (χ1n) is 6.82. The minimum atomic E-state index is -0.0324. The quantitative estimate of drug-likeness (QED) is 0.802. The topological polar surface area (TPSA) is 35.5 Å². The van der Waals surface area contributed by atoms with Crippen molar-refractivity contribution in [2.24, 2.45) is 0 Å². The molecular formula is C17H16O3. The number of carbonyl (C=O) groups excluding carboxylic acids is 1. The van der Waals surface area contributed by atoms with Gasteiger partial charge in [0.05, 0.1) is 5.56 Å². The Bertz CT molecular complexity index is 629. The van der Waals surface area contributed by atoms with E-state index in [2.05, 4.69) is 6.92 Å². The van der Waals surface area contributed by atoms with Crippen LogP contribution in [0.3, 0.4) is 0 Å². The molecule has 0 spiro atoms. The molecule has 1 heterocycles. The largest absolute Gasteiger partial charge is 0.486 e. The Balaban J connectivity index is 1.97. The maximum atomic E-state index is 12.6. The van der Waals surface area contributed by atoms with Crippen LogP contribution in [0.15, 0.2) is 42.5 Å². The van der Waals surface area contributed by atoms with E-state index in [4.69, 9.17) is 9.47 Å². The molecule has 0 bridgehead atoms. The molecule has 20 heavy (non-hydrogen) atoms. The van der Waals surface area contributed by atoms with Gasteiger partial charge in [-0.2, -0.15) is 0 Å². The van der Waals surface area contributed by atoms with Crippen molar-refractivity contribution in [2.75, 3.05) is 13.2 Å². The van der Waals surface area contributed by atoms with Crippen molar-refractivity contribution in [1.82, 2.24) is 0 Å². The van der Waals surface area contributed by atoms with Crippen LogP contribution in [0.2, 0.25) is 0 Å². The molecule has 2 aromatic carbocycles. The number of aryl methyl sites for hydroxylation is 1. The molecule has 0 saturated carbocycles. The molecule has 0 saturated heterocycles. The van der Waals surface area contributed by atoms with Gasteiger partial charge in [0.1, 0.15) is 13.2 Å². The average molecular weight is 268 g/mol. The van der Waals surface area contributed by atoms with Crippen LogP contribution in [-0.4, -0.2) is 19.0 Å². The third-order valence-corrected chi connectivity index (χ3v) is 3.44. The Kier molecular flexibility index (Phi) is 3.42. The van der Waals surface area contributed by atoms with Crippen LogP contribution in [0.25, 0.3) is 0 Å². The summed E-state index contributed by atoms with van der Waals surface area (Å²) < 4.78 is 11.1. The highest BCUT2D eigenvalue weighted by atomic mass is 16.6. The fraction of sp³-hybridized carbons (Fsp3) is 0.235. The minimum Gasteiger partial charge on any atom is -0.486 e.